The van der Waals surface area contributed by atoms with E-state index in [0.717, 1.165) is 6.07 Å². The second-order valence-electron chi connectivity index (χ2n) is 4.52. The minimum atomic E-state index is -0.671. The fourth-order valence-electron chi connectivity index (χ4n) is 1.76. The van der Waals surface area contributed by atoms with Gasteiger partial charge in [0.05, 0.1) is 23.2 Å². The summed E-state index contributed by atoms with van der Waals surface area (Å²) in [5.74, 6) is -0.00688. The van der Waals surface area contributed by atoms with E-state index in [1.165, 1.54) is 12.1 Å². The van der Waals surface area contributed by atoms with E-state index in [-0.39, 0.29) is 24.0 Å². The number of benzene rings is 1. The Morgan fingerprint density at radius 3 is 2.85 bits per heavy atom. The molecule has 1 N–H and O–H groups in total. The minimum absolute atomic E-state index is 0.189. The lowest BCUT2D eigenvalue weighted by Crippen LogP contribution is -2.10. The maximum absolute atomic E-state index is 13.7. The average molecular weight is 279 g/mol. The fourth-order valence-corrected chi connectivity index (χ4v) is 1.76. The first-order valence-corrected chi connectivity index (χ1v) is 6.05. The van der Waals surface area contributed by atoms with Gasteiger partial charge in [0.25, 0.3) is 5.69 Å². The van der Waals surface area contributed by atoms with Gasteiger partial charge in [-0.25, -0.2) is 4.39 Å². The van der Waals surface area contributed by atoms with Crippen molar-refractivity contribution in [3.63, 3.8) is 0 Å². The van der Waals surface area contributed by atoms with Crippen molar-refractivity contribution in [3.8, 4) is 0 Å². The predicted octanol–water partition coefficient (Wildman–Crippen LogP) is 2.52. The highest BCUT2D eigenvalue weighted by atomic mass is 19.1. The first kappa shape index (κ1) is 13.9. The SMILES string of the molecule is CC(C)n1cnnc1CNc1ccc([N+](=O)[O-])cc1F. The van der Waals surface area contributed by atoms with Crippen LogP contribution >= 0.6 is 0 Å². The molecule has 0 saturated heterocycles. The van der Waals surface area contributed by atoms with Gasteiger partial charge < -0.3 is 9.88 Å². The van der Waals surface area contributed by atoms with E-state index in [1.807, 2.05) is 18.4 Å². The van der Waals surface area contributed by atoms with Crippen molar-refractivity contribution in [1.82, 2.24) is 14.8 Å². The molecular weight excluding hydrogens is 265 g/mol. The van der Waals surface area contributed by atoms with Crippen molar-refractivity contribution in [2.75, 3.05) is 5.32 Å². The van der Waals surface area contributed by atoms with Crippen molar-refractivity contribution in [2.24, 2.45) is 0 Å². The Kier molecular flexibility index (Phi) is 3.92. The third kappa shape index (κ3) is 2.90. The summed E-state index contributed by atoms with van der Waals surface area (Å²) in [6.45, 7) is 4.26. The molecule has 106 valence electrons. The highest BCUT2D eigenvalue weighted by Crippen LogP contribution is 2.21. The van der Waals surface area contributed by atoms with Gasteiger partial charge in [-0.2, -0.15) is 0 Å². The lowest BCUT2D eigenvalue weighted by Gasteiger charge is -2.11. The van der Waals surface area contributed by atoms with Crippen LogP contribution in [0, 0.1) is 15.9 Å². The normalized spacial score (nSPS) is 10.8. The third-order valence-corrected chi connectivity index (χ3v) is 2.80. The number of non-ortho nitro benzene ring substituents is 1. The monoisotopic (exact) mass is 279 g/mol. The number of hydrogen-bond acceptors (Lipinski definition) is 5. The molecule has 0 aliphatic heterocycles. The molecule has 8 heteroatoms. The second-order valence-corrected chi connectivity index (χ2v) is 4.52. The molecule has 20 heavy (non-hydrogen) atoms. The summed E-state index contributed by atoms with van der Waals surface area (Å²) in [5, 5.41) is 21.1. The molecule has 0 fully saturated rings. The highest BCUT2D eigenvalue weighted by Gasteiger charge is 2.12. The fraction of sp³-hybridized carbons (Fsp3) is 0.333. The highest BCUT2D eigenvalue weighted by molar-refractivity contribution is 5.50. The average Bonchev–Trinajstić information content (AvgIpc) is 2.85. The molecule has 0 amide bonds. The lowest BCUT2D eigenvalue weighted by atomic mass is 10.2. The molecular formula is C12H14FN5O2. The van der Waals surface area contributed by atoms with Crippen molar-refractivity contribution in [2.45, 2.75) is 26.4 Å². The van der Waals surface area contributed by atoms with Gasteiger partial charge in [0.2, 0.25) is 0 Å². The van der Waals surface area contributed by atoms with Gasteiger partial charge in [-0.3, -0.25) is 10.1 Å². The predicted molar refractivity (Wildman–Crippen MR) is 70.8 cm³/mol. The number of nitrogens with one attached hydrogen (secondary N) is 1. The summed E-state index contributed by atoms with van der Waals surface area (Å²) in [5.41, 5.74) is -0.0905. The van der Waals surface area contributed by atoms with Gasteiger partial charge in [0, 0.05) is 12.1 Å². The van der Waals surface area contributed by atoms with E-state index in [1.54, 1.807) is 6.33 Å². The first-order chi connectivity index (χ1) is 9.49. The summed E-state index contributed by atoms with van der Waals surface area (Å²) < 4.78 is 15.5. The summed E-state index contributed by atoms with van der Waals surface area (Å²) in [4.78, 5) is 9.89. The molecule has 0 unspecified atom stereocenters. The number of aromatic nitrogens is 3. The number of nitro benzene ring substituents is 1. The summed E-state index contributed by atoms with van der Waals surface area (Å²) in [6, 6.07) is 3.67. The van der Waals surface area contributed by atoms with Crippen LogP contribution in [0.2, 0.25) is 0 Å². The van der Waals surface area contributed by atoms with E-state index in [9.17, 15) is 14.5 Å². The van der Waals surface area contributed by atoms with E-state index >= 15 is 0 Å². The van der Waals surface area contributed by atoms with Crippen LogP contribution in [0.25, 0.3) is 0 Å². The molecule has 0 aliphatic rings. The van der Waals surface area contributed by atoms with Crippen LogP contribution in [0.3, 0.4) is 0 Å². The van der Waals surface area contributed by atoms with Gasteiger partial charge in [0.15, 0.2) is 11.6 Å². The first-order valence-electron chi connectivity index (χ1n) is 6.05. The Morgan fingerprint density at radius 1 is 1.50 bits per heavy atom. The Balaban J connectivity index is 2.11. The third-order valence-electron chi connectivity index (χ3n) is 2.80. The lowest BCUT2D eigenvalue weighted by molar-refractivity contribution is -0.385. The van der Waals surface area contributed by atoms with Crippen molar-refractivity contribution in [1.29, 1.82) is 0 Å². The van der Waals surface area contributed by atoms with E-state index < -0.39 is 10.7 Å². The van der Waals surface area contributed by atoms with E-state index in [0.29, 0.717) is 5.82 Å². The van der Waals surface area contributed by atoms with Crippen molar-refractivity contribution >= 4 is 11.4 Å². The van der Waals surface area contributed by atoms with Crippen LogP contribution < -0.4 is 5.32 Å². The summed E-state index contributed by atoms with van der Waals surface area (Å²) in [6.07, 6.45) is 1.61. The smallest absolute Gasteiger partial charge is 0.272 e. The molecule has 1 aromatic heterocycles. The molecule has 1 heterocycles. The maximum Gasteiger partial charge on any atom is 0.272 e. The molecule has 7 nitrogen and oxygen atoms in total. The Hall–Kier alpha value is -2.51. The number of halogens is 1. The van der Waals surface area contributed by atoms with Crippen LogP contribution in [0.15, 0.2) is 24.5 Å². The van der Waals surface area contributed by atoms with Gasteiger partial charge in [-0.05, 0) is 19.9 Å². The van der Waals surface area contributed by atoms with Gasteiger partial charge in [-0.15, -0.1) is 10.2 Å². The van der Waals surface area contributed by atoms with Gasteiger partial charge in [0.1, 0.15) is 6.33 Å². The molecule has 1 aromatic carbocycles. The zero-order valence-electron chi connectivity index (χ0n) is 11.1. The van der Waals surface area contributed by atoms with E-state index in [4.69, 9.17) is 0 Å². The van der Waals surface area contributed by atoms with Gasteiger partial charge in [-0.1, -0.05) is 0 Å². The quantitative estimate of drug-likeness (QED) is 0.671. The zero-order valence-corrected chi connectivity index (χ0v) is 11.1. The van der Waals surface area contributed by atoms with Crippen molar-refractivity contribution < 1.29 is 9.31 Å². The molecule has 0 radical (unpaired) electrons. The largest absolute Gasteiger partial charge is 0.375 e. The molecule has 0 bridgehead atoms. The maximum atomic E-state index is 13.7. The number of rotatable bonds is 5. The molecule has 0 saturated carbocycles. The van der Waals surface area contributed by atoms with Crippen LogP contribution in [-0.4, -0.2) is 19.7 Å². The number of nitro groups is 1. The summed E-state index contributed by atoms with van der Waals surface area (Å²) >= 11 is 0. The second kappa shape index (κ2) is 5.64. The number of nitrogens with zero attached hydrogens (tertiary/aromatic N) is 4. The minimum Gasteiger partial charge on any atom is -0.375 e. The summed E-state index contributed by atoms with van der Waals surface area (Å²) in [7, 11) is 0. The van der Waals surface area contributed by atoms with E-state index in [2.05, 4.69) is 15.5 Å². The van der Waals surface area contributed by atoms with Gasteiger partial charge >= 0.3 is 0 Å². The number of hydrogen-bond donors (Lipinski definition) is 1. The topological polar surface area (TPSA) is 85.9 Å². The van der Waals surface area contributed by atoms with Crippen molar-refractivity contribution in [3.05, 3.63) is 46.3 Å². The van der Waals surface area contributed by atoms with Crippen LogP contribution in [0.5, 0.6) is 0 Å². The Morgan fingerprint density at radius 2 is 2.25 bits per heavy atom. The molecule has 0 aliphatic carbocycles. The van der Waals surface area contributed by atoms with Crippen LogP contribution in [-0.2, 0) is 6.54 Å². The Labute approximate surface area is 114 Å². The van der Waals surface area contributed by atoms with Crippen LogP contribution in [0.4, 0.5) is 15.8 Å². The molecule has 2 aromatic rings. The molecule has 0 atom stereocenters. The Bertz CT molecular complexity index is 626. The van der Waals surface area contributed by atoms with Crippen LogP contribution in [0.1, 0.15) is 25.7 Å². The standard InChI is InChI=1S/C12H14FN5O2/c1-8(2)17-7-15-16-12(17)6-14-11-4-3-9(18(19)20)5-10(11)13/h3-5,7-8,14H,6H2,1-2H3. The number of anilines is 1. The zero-order chi connectivity index (χ0) is 14.7. The molecule has 0 spiro atoms. The molecule has 2 rings (SSSR count).